The van der Waals surface area contributed by atoms with Crippen LogP contribution in [0.1, 0.15) is 37.2 Å². The summed E-state index contributed by atoms with van der Waals surface area (Å²) in [7, 11) is 0. The summed E-state index contributed by atoms with van der Waals surface area (Å²) in [4.78, 5) is 11.5. The first kappa shape index (κ1) is 10.8. The molecular formula is C16H18O. The molecule has 1 nitrogen and oxygen atoms in total. The number of rotatable bonds is 1. The lowest BCUT2D eigenvalue weighted by Crippen LogP contribution is -2.29. The maximum absolute atomic E-state index is 11.5. The average Bonchev–Trinajstić information content (AvgIpc) is 2.39. The van der Waals surface area contributed by atoms with Gasteiger partial charge in [-0.25, -0.2) is 0 Å². The van der Waals surface area contributed by atoms with Crippen LogP contribution >= 0.6 is 0 Å². The van der Waals surface area contributed by atoms with E-state index in [2.05, 4.69) is 36.4 Å². The Kier molecular flexibility index (Phi) is 2.84. The van der Waals surface area contributed by atoms with E-state index in [1.165, 1.54) is 24.8 Å². The maximum atomic E-state index is 11.5. The van der Waals surface area contributed by atoms with Crippen molar-refractivity contribution in [3.8, 4) is 0 Å². The molecule has 0 amide bonds. The fourth-order valence-electron chi connectivity index (χ4n) is 3.48. The van der Waals surface area contributed by atoms with Crippen LogP contribution in [0.25, 0.3) is 0 Å². The van der Waals surface area contributed by atoms with E-state index in [0.717, 1.165) is 6.42 Å². The van der Waals surface area contributed by atoms with Gasteiger partial charge in [-0.1, -0.05) is 42.8 Å². The Hall–Kier alpha value is -1.37. The minimum Gasteiger partial charge on any atom is -0.295 e. The summed E-state index contributed by atoms with van der Waals surface area (Å²) in [5.74, 6) is 2.12. The molecule has 0 N–H and O–H groups in total. The molecule has 2 aliphatic carbocycles. The van der Waals surface area contributed by atoms with Gasteiger partial charge < -0.3 is 0 Å². The summed E-state index contributed by atoms with van der Waals surface area (Å²) in [6.07, 6.45) is 8.51. The first-order chi connectivity index (χ1) is 8.34. The van der Waals surface area contributed by atoms with Crippen LogP contribution in [0.3, 0.4) is 0 Å². The molecule has 3 rings (SSSR count). The van der Waals surface area contributed by atoms with Gasteiger partial charge in [-0.15, -0.1) is 0 Å². The molecule has 0 spiro atoms. The van der Waals surface area contributed by atoms with E-state index in [1.54, 1.807) is 0 Å². The van der Waals surface area contributed by atoms with Crippen molar-refractivity contribution in [2.45, 2.75) is 31.6 Å². The molecule has 17 heavy (non-hydrogen) atoms. The lowest BCUT2D eigenvalue weighted by atomic mass is 9.66. The number of hydrogen-bond acceptors (Lipinski definition) is 1. The second-order valence-corrected chi connectivity index (χ2v) is 5.32. The van der Waals surface area contributed by atoms with Crippen molar-refractivity contribution < 1.29 is 4.79 Å². The van der Waals surface area contributed by atoms with Crippen LogP contribution in [-0.4, -0.2) is 5.78 Å². The molecule has 1 aromatic rings. The molecule has 0 bridgehead atoms. The van der Waals surface area contributed by atoms with Gasteiger partial charge in [0.1, 0.15) is 0 Å². The van der Waals surface area contributed by atoms with Crippen molar-refractivity contribution in [3.63, 3.8) is 0 Å². The third kappa shape index (κ3) is 2.06. The molecule has 0 heterocycles. The van der Waals surface area contributed by atoms with Crippen LogP contribution in [0.4, 0.5) is 0 Å². The molecule has 1 aromatic carbocycles. The van der Waals surface area contributed by atoms with Crippen molar-refractivity contribution in [1.82, 2.24) is 0 Å². The molecule has 0 aliphatic heterocycles. The predicted molar refractivity (Wildman–Crippen MR) is 68.8 cm³/mol. The molecule has 2 aliphatic rings. The molecule has 1 saturated carbocycles. The van der Waals surface area contributed by atoms with E-state index in [4.69, 9.17) is 0 Å². The van der Waals surface area contributed by atoms with Gasteiger partial charge >= 0.3 is 0 Å². The standard InChI is InChI=1S/C16H18O/c17-14-9-10-16-13(11-14)7-4-8-15(16)12-5-2-1-3-6-12/h1-3,5-6,9-10,13,15-16H,4,7-8,11H2/t13-,15+,16-/m0/s1. The first-order valence-electron chi connectivity index (χ1n) is 6.60. The average molecular weight is 226 g/mol. The van der Waals surface area contributed by atoms with Crippen molar-refractivity contribution in [1.29, 1.82) is 0 Å². The number of fused-ring (bicyclic) bond motifs is 1. The molecule has 1 heteroatoms. The lowest BCUT2D eigenvalue weighted by Gasteiger charge is -2.38. The van der Waals surface area contributed by atoms with Gasteiger partial charge in [0.2, 0.25) is 0 Å². The van der Waals surface area contributed by atoms with E-state index in [1.807, 2.05) is 6.08 Å². The highest BCUT2D eigenvalue weighted by atomic mass is 16.1. The molecule has 0 radical (unpaired) electrons. The SMILES string of the molecule is O=C1C=C[C@H]2[C@@H](CCC[C@@H]2c2ccccc2)C1. The zero-order valence-electron chi connectivity index (χ0n) is 10.0. The van der Waals surface area contributed by atoms with Crippen molar-refractivity contribution >= 4 is 5.78 Å². The summed E-state index contributed by atoms with van der Waals surface area (Å²) in [5, 5.41) is 0. The largest absolute Gasteiger partial charge is 0.295 e. The van der Waals surface area contributed by atoms with Gasteiger partial charge in [0.15, 0.2) is 5.78 Å². The van der Waals surface area contributed by atoms with Crippen molar-refractivity contribution in [3.05, 3.63) is 48.0 Å². The van der Waals surface area contributed by atoms with E-state index >= 15 is 0 Å². The van der Waals surface area contributed by atoms with Crippen LogP contribution in [0.5, 0.6) is 0 Å². The maximum Gasteiger partial charge on any atom is 0.155 e. The summed E-state index contributed by atoms with van der Waals surface area (Å²) >= 11 is 0. The molecule has 0 unspecified atom stereocenters. The number of benzene rings is 1. The number of hydrogen-bond donors (Lipinski definition) is 0. The highest BCUT2D eigenvalue weighted by molar-refractivity contribution is 5.90. The number of carbonyl (C=O) groups excluding carboxylic acids is 1. The zero-order valence-corrected chi connectivity index (χ0v) is 10.0. The van der Waals surface area contributed by atoms with Gasteiger partial charge in [-0.3, -0.25) is 4.79 Å². The highest BCUT2D eigenvalue weighted by Gasteiger charge is 2.35. The smallest absolute Gasteiger partial charge is 0.155 e. The number of ketones is 1. The van der Waals surface area contributed by atoms with Crippen LogP contribution < -0.4 is 0 Å². The number of carbonyl (C=O) groups is 1. The third-order valence-electron chi connectivity index (χ3n) is 4.29. The third-order valence-corrected chi connectivity index (χ3v) is 4.29. The Labute approximate surface area is 103 Å². The first-order valence-corrected chi connectivity index (χ1v) is 6.60. The molecular weight excluding hydrogens is 208 g/mol. The predicted octanol–water partition coefficient (Wildman–Crippen LogP) is 3.72. The Balaban J connectivity index is 1.90. The molecule has 3 atom stereocenters. The fourth-order valence-corrected chi connectivity index (χ4v) is 3.48. The van der Waals surface area contributed by atoms with Crippen molar-refractivity contribution in [2.24, 2.45) is 11.8 Å². The van der Waals surface area contributed by atoms with Crippen LogP contribution in [0, 0.1) is 11.8 Å². The van der Waals surface area contributed by atoms with Gasteiger partial charge in [-0.05, 0) is 42.2 Å². The van der Waals surface area contributed by atoms with E-state index < -0.39 is 0 Å². The second kappa shape index (κ2) is 4.48. The fraction of sp³-hybridized carbons (Fsp3) is 0.438. The highest BCUT2D eigenvalue weighted by Crippen LogP contribution is 2.44. The molecule has 0 aromatic heterocycles. The summed E-state index contributed by atoms with van der Waals surface area (Å²) in [6.45, 7) is 0. The van der Waals surface area contributed by atoms with Gasteiger partial charge in [0.25, 0.3) is 0 Å². The topological polar surface area (TPSA) is 17.1 Å². The van der Waals surface area contributed by atoms with E-state index in [-0.39, 0.29) is 0 Å². The molecule has 0 saturated heterocycles. The van der Waals surface area contributed by atoms with Crippen LogP contribution in [0.2, 0.25) is 0 Å². The monoisotopic (exact) mass is 226 g/mol. The Morgan fingerprint density at radius 2 is 1.88 bits per heavy atom. The van der Waals surface area contributed by atoms with E-state index in [0.29, 0.717) is 23.5 Å². The van der Waals surface area contributed by atoms with Crippen molar-refractivity contribution in [2.75, 3.05) is 0 Å². The number of allylic oxidation sites excluding steroid dienone is 2. The lowest BCUT2D eigenvalue weighted by molar-refractivity contribution is -0.116. The summed E-state index contributed by atoms with van der Waals surface area (Å²) in [6, 6.07) is 10.8. The zero-order chi connectivity index (χ0) is 11.7. The van der Waals surface area contributed by atoms with Gasteiger partial charge in [-0.2, -0.15) is 0 Å². The summed E-state index contributed by atoms with van der Waals surface area (Å²) in [5.41, 5.74) is 1.45. The quantitative estimate of drug-likeness (QED) is 0.713. The summed E-state index contributed by atoms with van der Waals surface area (Å²) < 4.78 is 0. The van der Waals surface area contributed by atoms with Gasteiger partial charge in [0.05, 0.1) is 0 Å². The normalized spacial score (nSPS) is 32.2. The van der Waals surface area contributed by atoms with Crippen LogP contribution in [-0.2, 0) is 4.79 Å². The van der Waals surface area contributed by atoms with Crippen LogP contribution in [0.15, 0.2) is 42.5 Å². The Bertz CT molecular complexity index is 432. The molecule has 88 valence electrons. The van der Waals surface area contributed by atoms with Gasteiger partial charge in [0, 0.05) is 6.42 Å². The minimum atomic E-state index is 0.319. The van der Waals surface area contributed by atoms with E-state index in [9.17, 15) is 4.79 Å². The Morgan fingerprint density at radius 3 is 2.71 bits per heavy atom. The minimum absolute atomic E-state index is 0.319. The molecule has 1 fully saturated rings. The second-order valence-electron chi connectivity index (χ2n) is 5.32. The Morgan fingerprint density at radius 1 is 1.06 bits per heavy atom.